The molecule has 0 atom stereocenters. The van der Waals surface area contributed by atoms with Crippen molar-refractivity contribution in [1.29, 1.82) is 0 Å². The first kappa shape index (κ1) is 23.4. The molecule has 9 heteroatoms. The Morgan fingerprint density at radius 2 is 1.75 bits per heavy atom. The van der Waals surface area contributed by atoms with Crippen LogP contribution in [0.4, 0.5) is 5.69 Å². The van der Waals surface area contributed by atoms with Crippen molar-refractivity contribution in [2.24, 2.45) is 0 Å². The van der Waals surface area contributed by atoms with Gasteiger partial charge in [0, 0.05) is 13.1 Å². The zero-order valence-electron chi connectivity index (χ0n) is 18.2. The molecule has 1 amide bonds. The molecule has 32 heavy (non-hydrogen) atoms. The van der Waals surface area contributed by atoms with E-state index in [-0.39, 0.29) is 22.9 Å². The normalized spacial score (nSPS) is 11.4. The number of carbonyl (C=O) groups is 1. The number of rotatable bonds is 10. The lowest BCUT2D eigenvalue weighted by Gasteiger charge is -2.19. The minimum atomic E-state index is -3.69. The first-order valence-electron chi connectivity index (χ1n) is 10.1. The SMILES string of the molecule is CCN(CC)S(=O)(=O)c1ccc(OC)c(NC(=O)c2ccc(COc3ccccc3)o2)c1. The number of nitrogens with zero attached hydrogens (tertiary/aromatic N) is 1. The van der Waals surface area contributed by atoms with Gasteiger partial charge in [-0.15, -0.1) is 0 Å². The molecule has 0 fully saturated rings. The predicted octanol–water partition coefficient (Wildman–Crippen LogP) is 4.15. The molecule has 0 aliphatic rings. The van der Waals surface area contributed by atoms with Gasteiger partial charge in [0.15, 0.2) is 5.76 Å². The highest BCUT2D eigenvalue weighted by atomic mass is 32.2. The summed E-state index contributed by atoms with van der Waals surface area (Å²) >= 11 is 0. The molecule has 0 radical (unpaired) electrons. The molecule has 1 N–H and O–H groups in total. The van der Waals surface area contributed by atoms with Crippen LogP contribution in [-0.4, -0.2) is 38.8 Å². The first-order valence-corrected chi connectivity index (χ1v) is 11.6. The topological polar surface area (TPSA) is 98.1 Å². The van der Waals surface area contributed by atoms with Gasteiger partial charge in [-0.1, -0.05) is 32.0 Å². The lowest BCUT2D eigenvalue weighted by atomic mass is 10.3. The van der Waals surface area contributed by atoms with Crippen LogP contribution >= 0.6 is 0 Å². The van der Waals surface area contributed by atoms with Crippen LogP contribution in [-0.2, 0) is 16.6 Å². The van der Waals surface area contributed by atoms with E-state index in [1.807, 2.05) is 30.3 Å². The number of para-hydroxylation sites is 1. The summed E-state index contributed by atoms with van der Waals surface area (Å²) in [6, 6.07) is 16.8. The summed E-state index contributed by atoms with van der Waals surface area (Å²) in [5, 5.41) is 2.67. The molecule has 3 rings (SSSR count). The zero-order valence-corrected chi connectivity index (χ0v) is 19.0. The maximum Gasteiger partial charge on any atom is 0.291 e. The summed E-state index contributed by atoms with van der Waals surface area (Å²) in [7, 11) is -2.25. The highest BCUT2D eigenvalue weighted by Gasteiger charge is 2.24. The number of furan rings is 1. The summed E-state index contributed by atoms with van der Waals surface area (Å²) in [6.07, 6.45) is 0. The van der Waals surface area contributed by atoms with Crippen LogP contribution in [0, 0.1) is 0 Å². The van der Waals surface area contributed by atoms with Crippen LogP contribution in [0.15, 0.2) is 70.0 Å². The Morgan fingerprint density at radius 1 is 1.03 bits per heavy atom. The monoisotopic (exact) mass is 458 g/mol. The van der Waals surface area contributed by atoms with Gasteiger partial charge in [0.2, 0.25) is 10.0 Å². The Kier molecular flexibility index (Phi) is 7.55. The Hall–Kier alpha value is -3.30. The van der Waals surface area contributed by atoms with E-state index >= 15 is 0 Å². The number of carbonyl (C=O) groups excluding carboxylic acids is 1. The summed E-state index contributed by atoms with van der Waals surface area (Å²) in [5.41, 5.74) is 0.226. The van der Waals surface area contributed by atoms with Gasteiger partial charge in [-0.25, -0.2) is 8.42 Å². The number of hydrogen-bond acceptors (Lipinski definition) is 6. The predicted molar refractivity (Wildman–Crippen MR) is 121 cm³/mol. The minimum Gasteiger partial charge on any atom is -0.495 e. The van der Waals surface area contributed by atoms with E-state index in [0.29, 0.717) is 30.3 Å². The molecule has 0 aliphatic heterocycles. The standard InChI is InChI=1S/C23H26N2O6S/c1-4-25(5-2)32(27,28)19-12-14-21(29-3)20(15-19)24-23(26)22-13-11-18(31-22)16-30-17-9-7-6-8-10-17/h6-15H,4-5,16H2,1-3H3,(H,24,26). The van der Waals surface area contributed by atoms with Crippen LogP contribution in [0.3, 0.4) is 0 Å². The molecule has 1 heterocycles. The summed E-state index contributed by atoms with van der Waals surface area (Å²) in [6.45, 7) is 4.38. The van der Waals surface area contributed by atoms with Gasteiger partial charge in [-0.2, -0.15) is 4.31 Å². The van der Waals surface area contributed by atoms with Crippen LogP contribution in [0.5, 0.6) is 11.5 Å². The number of hydrogen-bond donors (Lipinski definition) is 1. The fraction of sp³-hybridized carbons (Fsp3) is 0.261. The molecule has 3 aromatic rings. The number of benzene rings is 2. The lowest BCUT2D eigenvalue weighted by Crippen LogP contribution is -2.30. The Morgan fingerprint density at radius 3 is 2.41 bits per heavy atom. The second-order valence-electron chi connectivity index (χ2n) is 6.77. The van der Waals surface area contributed by atoms with Crippen molar-refractivity contribution in [1.82, 2.24) is 4.31 Å². The van der Waals surface area contributed by atoms with Crippen molar-refractivity contribution in [2.75, 3.05) is 25.5 Å². The fourth-order valence-corrected chi connectivity index (χ4v) is 4.58. The van der Waals surface area contributed by atoms with Gasteiger partial charge in [0.25, 0.3) is 5.91 Å². The maximum atomic E-state index is 12.8. The van der Waals surface area contributed by atoms with E-state index in [1.54, 1.807) is 19.9 Å². The number of methoxy groups -OCH3 is 1. The third-order valence-electron chi connectivity index (χ3n) is 4.77. The van der Waals surface area contributed by atoms with Gasteiger partial charge in [-0.3, -0.25) is 4.79 Å². The lowest BCUT2D eigenvalue weighted by molar-refractivity contribution is 0.0992. The van der Waals surface area contributed by atoms with Crippen LogP contribution < -0.4 is 14.8 Å². The molecule has 0 bridgehead atoms. The second-order valence-corrected chi connectivity index (χ2v) is 8.71. The quantitative estimate of drug-likeness (QED) is 0.490. The molecule has 0 aliphatic carbocycles. The summed E-state index contributed by atoms with van der Waals surface area (Å²) in [4.78, 5) is 12.8. The molecule has 0 unspecified atom stereocenters. The fourth-order valence-electron chi connectivity index (χ4n) is 3.09. The molecule has 8 nitrogen and oxygen atoms in total. The number of anilines is 1. The third kappa shape index (κ3) is 5.30. The minimum absolute atomic E-state index is 0.0636. The smallest absolute Gasteiger partial charge is 0.291 e. The molecule has 0 spiro atoms. The first-order chi connectivity index (χ1) is 15.4. The van der Waals surface area contributed by atoms with Gasteiger partial charge in [0.1, 0.15) is 23.9 Å². The average molecular weight is 459 g/mol. The Bertz CT molecular complexity index is 1150. The van der Waals surface area contributed by atoms with Crippen LogP contribution in [0.2, 0.25) is 0 Å². The Labute approximate surface area is 187 Å². The molecular formula is C23H26N2O6S. The van der Waals surface area contributed by atoms with Crippen molar-refractivity contribution in [3.05, 3.63) is 72.2 Å². The summed E-state index contributed by atoms with van der Waals surface area (Å²) in [5.74, 6) is 1.02. The van der Waals surface area contributed by atoms with E-state index in [2.05, 4.69) is 5.32 Å². The van der Waals surface area contributed by atoms with E-state index in [4.69, 9.17) is 13.9 Å². The number of nitrogens with one attached hydrogen (secondary N) is 1. The zero-order chi connectivity index (χ0) is 23.1. The number of ether oxygens (including phenoxy) is 2. The highest BCUT2D eigenvalue weighted by Crippen LogP contribution is 2.29. The highest BCUT2D eigenvalue weighted by molar-refractivity contribution is 7.89. The van der Waals surface area contributed by atoms with Crippen molar-refractivity contribution < 1.29 is 27.1 Å². The largest absolute Gasteiger partial charge is 0.495 e. The van der Waals surface area contributed by atoms with Gasteiger partial charge < -0.3 is 19.2 Å². The molecule has 1 aromatic heterocycles. The molecule has 0 saturated heterocycles. The van der Waals surface area contributed by atoms with Crippen molar-refractivity contribution in [2.45, 2.75) is 25.3 Å². The Balaban J connectivity index is 1.76. The van der Waals surface area contributed by atoms with E-state index in [0.717, 1.165) is 0 Å². The van der Waals surface area contributed by atoms with Crippen molar-refractivity contribution in [3.63, 3.8) is 0 Å². The molecule has 2 aromatic carbocycles. The van der Waals surface area contributed by atoms with Crippen molar-refractivity contribution >= 4 is 21.6 Å². The number of sulfonamides is 1. The van der Waals surface area contributed by atoms with E-state index in [1.165, 1.54) is 35.7 Å². The van der Waals surface area contributed by atoms with Gasteiger partial charge in [-0.05, 0) is 42.5 Å². The number of amides is 1. The van der Waals surface area contributed by atoms with Gasteiger partial charge >= 0.3 is 0 Å². The third-order valence-corrected chi connectivity index (χ3v) is 6.82. The van der Waals surface area contributed by atoms with Crippen LogP contribution in [0.1, 0.15) is 30.2 Å². The molecular weight excluding hydrogens is 432 g/mol. The molecule has 170 valence electrons. The average Bonchev–Trinajstić information content (AvgIpc) is 3.28. The van der Waals surface area contributed by atoms with E-state index < -0.39 is 15.9 Å². The maximum absolute atomic E-state index is 12.8. The molecule has 0 saturated carbocycles. The van der Waals surface area contributed by atoms with E-state index in [9.17, 15) is 13.2 Å². The van der Waals surface area contributed by atoms with Crippen LogP contribution in [0.25, 0.3) is 0 Å². The summed E-state index contributed by atoms with van der Waals surface area (Å²) < 4.78 is 43.5. The second kappa shape index (κ2) is 10.3. The van der Waals surface area contributed by atoms with Crippen molar-refractivity contribution in [3.8, 4) is 11.5 Å². The van der Waals surface area contributed by atoms with Gasteiger partial charge in [0.05, 0.1) is 17.7 Å².